The molecule has 3 heteroatoms. The van der Waals surface area contributed by atoms with Crippen LogP contribution in [0.1, 0.15) is 53.9 Å². The maximum atomic E-state index is 10.5. The summed E-state index contributed by atoms with van der Waals surface area (Å²) in [5.74, 6) is 0.304. The molecule has 0 aliphatic carbocycles. The van der Waals surface area contributed by atoms with E-state index in [1.807, 2.05) is 6.92 Å². The van der Waals surface area contributed by atoms with Gasteiger partial charge in [0.25, 0.3) is 0 Å². The SMILES string of the molecule is CC(C)NCC1CCCCN1CC(C)(O)C(C)C. The lowest BCUT2D eigenvalue weighted by molar-refractivity contribution is -0.0357. The van der Waals surface area contributed by atoms with Crippen LogP contribution in [0.25, 0.3) is 0 Å². The van der Waals surface area contributed by atoms with Crippen molar-refractivity contribution in [3.63, 3.8) is 0 Å². The Labute approximate surface area is 113 Å². The standard InChI is InChI=1S/C15H32N2O/c1-12(2)15(5,18)11-17-9-7-6-8-14(17)10-16-13(3)4/h12-14,16,18H,6-11H2,1-5H3. The van der Waals surface area contributed by atoms with Gasteiger partial charge in [-0.3, -0.25) is 4.90 Å². The molecule has 1 heterocycles. The topological polar surface area (TPSA) is 35.5 Å². The van der Waals surface area contributed by atoms with E-state index < -0.39 is 5.60 Å². The van der Waals surface area contributed by atoms with E-state index in [0.717, 1.165) is 19.6 Å². The minimum Gasteiger partial charge on any atom is -0.389 e. The molecule has 2 atom stereocenters. The van der Waals surface area contributed by atoms with Gasteiger partial charge in [0.2, 0.25) is 0 Å². The second-order valence-electron chi connectivity index (χ2n) is 6.69. The van der Waals surface area contributed by atoms with E-state index in [1.165, 1.54) is 19.3 Å². The molecule has 0 aromatic rings. The van der Waals surface area contributed by atoms with Crippen LogP contribution in [0, 0.1) is 5.92 Å². The zero-order valence-corrected chi connectivity index (χ0v) is 12.9. The second kappa shape index (κ2) is 6.88. The number of hydrogen-bond acceptors (Lipinski definition) is 3. The summed E-state index contributed by atoms with van der Waals surface area (Å²) in [6.07, 6.45) is 3.85. The monoisotopic (exact) mass is 256 g/mol. The largest absolute Gasteiger partial charge is 0.389 e. The normalized spacial score (nSPS) is 25.7. The molecular formula is C15H32N2O. The van der Waals surface area contributed by atoms with Crippen molar-refractivity contribution in [2.75, 3.05) is 19.6 Å². The lowest BCUT2D eigenvalue weighted by atomic mass is 9.90. The summed E-state index contributed by atoms with van der Waals surface area (Å²) in [6, 6.07) is 1.13. The van der Waals surface area contributed by atoms with Crippen molar-refractivity contribution in [1.82, 2.24) is 10.2 Å². The summed E-state index contributed by atoms with van der Waals surface area (Å²) in [5, 5.41) is 14.0. The highest BCUT2D eigenvalue weighted by molar-refractivity contribution is 4.87. The zero-order valence-electron chi connectivity index (χ0n) is 12.9. The van der Waals surface area contributed by atoms with Crippen molar-refractivity contribution in [1.29, 1.82) is 0 Å². The summed E-state index contributed by atoms with van der Waals surface area (Å²) >= 11 is 0. The lowest BCUT2D eigenvalue weighted by Gasteiger charge is -2.41. The fourth-order valence-electron chi connectivity index (χ4n) is 2.46. The quantitative estimate of drug-likeness (QED) is 0.765. The number of hydrogen-bond donors (Lipinski definition) is 2. The molecule has 3 nitrogen and oxygen atoms in total. The molecule has 0 bridgehead atoms. The molecule has 18 heavy (non-hydrogen) atoms. The minimum absolute atomic E-state index is 0.304. The van der Waals surface area contributed by atoms with Gasteiger partial charge in [-0.2, -0.15) is 0 Å². The van der Waals surface area contributed by atoms with Crippen molar-refractivity contribution in [2.45, 2.75) is 71.6 Å². The van der Waals surface area contributed by atoms with Crippen LogP contribution >= 0.6 is 0 Å². The molecule has 2 unspecified atom stereocenters. The number of nitrogens with one attached hydrogen (secondary N) is 1. The van der Waals surface area contributed by atoms with Crippen LogP contribution in [0.4, 0.5) is 0 Å². The molecule has 0 aromatic carbocycles. The molecule has 0 radical (unpaired) electrons. The molecule has 0 aromatic heterocycles. The molecule has 0 saturated carbocycles. The second-order valence-corrected chi connectivity index (χ2v) is 6.69. The summed E-state index contributed by atoms with van der Waals surface area (Å²) in [6.45, 7) is 13.5. The number of piperidine rings is 1. The summed E-state index contributed by atoms with van der Waals surface area (Å²) in [7, 11) is 0. The molecule has 1 fully saturated rings. The molecular weight excluding hydrogens is 224 g/mol. The number of nitrogens with zero attached hydrogens (tertiary/aromatic N) is 1. The minimum atomic E-state index is -0.576. The fraction of sp³-hybridized carbons (Fsp3) is 1.00. The van der Waals surface area contributed by atoms with E-state index in [-0.39, 0.29) is 0 Å². The average Bonchev–Trinajstić information content (AvgIpc) is 2.27. The maximum Gasteiger partial charge on any atom is 0.0768 e. The third-order valence-corrected chi connectivity index (χ3v) is 4.28. The smallest absolute Gasteiger partial charge is 0.0768 e. The van der Waals surface area contributed by atoms with Gasteiger partial charge in [0.05, 0.1) is 5.60 Å². The highest BCUT2D eigenvalue weighted by Gasteiger charge is 2.32. The van der Waals surface area contributed by atoms with Crippen LogP contribution in [-0.4, -0.2) is 47.3 Å². The van der Waals surface area contributed by atoms with E-state index in [4.69, 9.17) is 0 Å². The van der Waals surface area contributed by atoms with Crippen LogP contribution in [0.2, 0.25) is 0 Å². The molecule has 1 rings (SSSR count). The van der Waals surface area contributed by atoms with Crippen molar-refractivity contribution in [3.05, 3.63) is 0 Å². The third-order valence-electron chi connectivity index (χ3n) is 4.28. The van der Waals surface area contributed by atoms with Crippen LogP contribution in [0.3, 0.4) is 0 Å². The summed E-state index contributed by atoms with van der Waals surface area (Å²) < 4.78 is 0. The Bertz CT molecular complexity index is 239. The molecule has 108 valence electrons. The molecule has 1 saturated heterocycles. The number of β-amino-alcohol motifs (C(OH)–C–C–N with tert-alkyl or cyclic N) is 1. The van der Waals surface area contributed by atoms with E-state index in [2.05, 4.69) is 37.9 Å². The van der Waals surface area contributed by atoms with Crippen molar-refractivity contribution in [3.8, 4) is 0 Å². The molecule has 0 amide bonds. The third kappa shape index (κ3) is 4.87. The Kier molecular flexibility index (Phi) is 6.09. The first-order valence-electron chi connectivity index (χ1n) is 7.52. The number of aliphatic hydroxyl groups is 1. The van der Waals surface area contributed by atoms with E-state index in [0.29, 0.717) is 18.0 Å². The Morgan fingerprint density at radius 1 is 1.28 bits per heavy atom. The van der Waals surface area contributed by atoms with Crippen molar-refractivity contribution in [2.24, 2.45) is 5.92 Å². The van der Waals surface area contributed by atoms with E-state index in [9.17, 15) is 5.11 Å². The van der Waals surface area contributed by atoms with Crippen LogP contribution in [-0.2, 0) is 0 Å². The Balaban J connectivity index is 2.54. The van der Waals surface area contributed by atoms with Crippen molar-refractivity contribution < 1.29 is 5.11 Å². The number of likely N-dealkylation sites (tertiary alicyclic amines) is 1. The molecule has 1 aliphatic heterocycles. The van der Waals surface area contributed by atoms with Gasteiger partial charge in [-0.15, -0.1) is 0 Å². The van der Waals surface area contributed by atoms with Crippen LogP contribution in [0.5, 0.6) is 0 Å². The van der Waals surface area contributed by atoms with Gasteiger partial charge in [0.1, 0.15) is 0 Å². The fourth-order valence-corrected chi connectivity index (χ4v) is 2.46. The van der Waals surface area contributed by atoms with Gasteiger partial charge in [0.15, 0.2) is 0 Å². The molecule has 2 N–H and O–H groups in total. The van der Waals surface area contributed by atoms with Gasteiger partial charge in [0, 0.05) is 25.2 Å². The summed E-state index contributed by atoms with van der Waals surface area (Å²) in [5.41, 5.74) is -0.576. The maximum absolute atomic E-state index is 10.5. The van der Waals surface area contributed by atoms with Crippen molar-refractivity contribution >= 4 is 0 Å². The van der Waals surface area contributed by atoms with E-state index in [1.54, 1.807) is 0 Å². The van der Waals surface area contributed by atoms with Gasteiger partial charge in [-0.1, -0.05) is 34.1 Å². The summed E-state index contributed by atoms with van der Waals surface area (Å²) in [4.78, 5) is 2.48. The average molecular weight is 256 g/mol. The lowest BCUT2D eigenvalue weighted by Crippen LogP contribution is -2.53. The Morgan fingerprint density at radius 2 is 1.94 bits per heavy atom. The predicted molar refractivity (Wildman–Crippen MR) is 77.8 cm³/mol. The van der Waals surface area contributed by atoms with Gasteiger partial charge >= 0.3 is 0 Å². The van der Waals surface area contributed by atoms with Crippen LogP contribution in [0.15, 0.2) is 0 Å². The van der Waals surface area contributed by atoms with E-state index >= 15 is 0 Å². The van der Waals surface area contributed by atoms with Crippen LogP contribution < -0.4 is 5.32 Å². The van der Waals surface area contributed by atoms with Gasteiger partial charge < -0.3 is 10.4 Å². The first-order valence-corrected chi connectivity index (χ1v) is 7.52. The Morgan fingerprint density at radius 3 is 2.50 bits per heavy atom. The predicted octanol–water partition coefficient (Wildman–Crippen LogP) is 2.25. The van der Waals surface area contributed by atoms with Gasteiger partial charge in [-0.05, 0) is 32.2 Å². The zero-order chi connectivity index (χ0) is 13.8. The first-order chi connectivity index (χ1) is 8.33. The highest BCUT2D eigenvalue weighted by Crippen LogP contribution is 2.23. The number of rotatable bonds is 6. The molecule has 0 spiro atoms. The molecule has 1 aliphatic rings. The first kappa shape index (κ1) is 15.9. The highest BCUT2D eigenvalue weighted by atomic mass is 16.3. The Hall–Kier alpha value is -0.120. The van der Waals surface area contributed by atoms with Gasteiger partial charge in [-0.25, -0.2) is 0 Å².